The van der Waals surface area contributed by atoms with Gasteiger partial charge in [0.05, 0.1) is 4.92 Å². The van der Waals surface area contributed by atoms with Gasteiger partial charge >= 0.3 is 6.09 Å². The van der Waals surface area contributed by atoms with E-state index in [1.807, 2.05) is 0 Å². The van der Waals surface area contributed by atoms with Gasteiger partial charge in [-0.2, -0.15) is 0 Å². The van der Waals surface area contributed by atoms with Gasteiger partial charge in [-0.15, -0.1) is 0 Å². The van der Waals surface area contributed by atoms with Crippen LogP contribution in [0.15, 0.2) is 40.8 Å². The van der Waals surface area contributed by atoms with Crippen LogP contribution in [-0.2, 0) is 0 Å². The molecule has 92 valence electrons. The zero-order valence-corrected chi connectivity index (χ0v) is 9.03. The molecule has 7 heteroatoms. The maximum Gasteiger partial charge on any atom is 0.412 e. The number of carbonyl (C=O) groups excluding carboxylic acids is 1. The van der Waals surface area contributed by atoms with Crippen molar-refractivity contribution < 1.29 is 18.9 Å². The van der Waals surface area contributed by atoms with E-state index in [9.17, 15) is 14.9 Å². The van der Waals surface area contributed by atoms with Gasteiger partial charge in [0.1, 0.15) is 5.76 Å². The summed E-state index contributed by atoms with van der Waals surface area (Å²) in [5, 5.41) is 10.5. The number of hydrogen-bond acceptors (Lipinski definition) is 5. The molecule has 2 aromatic rings. The predicted molar refractivity (Wildman–Crippen MR) is 61.0 cm³/mol. The first-order valence-corrected chi connectivity index (χ1v) is 4.88. The number of furan rings is 1. The first-order valence-electron chi connectivity index (χ1n) is 4.88. The lowest BCUT2D eigenvalue weighted by Gasteiger charge is -1.97. The van der Waals surface area contributed by atoms with E-state index in [0.717, 1.165) is 0 Å². The van der Waals surface area contributed by atoms with E-state index >= 15 is 0 Å². The zero-order valence-electron chi connectivity index (χ0n) is 9.03. The van der Waals surface area contributed by atoms with Gasteiger partial charge in [-0.05, 0) is 18.2 Å². The van der Waals surface area contributed by atoms with Crippen LogP contribution < -0.4 is 10.5 Å². The van der Waals surface area contributed by atoms with Crippen LogP contribution in [0.5, 0.6) is 5.95 Å². The number of non-ortho nitro benzene ring substituents is 1. The second-order valence-electron chi connectivity index (χ2n) is 3.34. The Kier molecular flexibility index (Phi) is 2.96. The van der Waals surface area contributed by atoms with Gasteiger partial charge in [0.2, 0.25) is 0 Å². The standard InChI is InChI=1S/C11H8N2O5/c12-11(14)18-10-6-5-9(17-10)7-1-3-8(4-2-7)13(15)16/h1-6H,(H2,12,14). The van der Waals surface area contributed by atoms with Crippen LogP contribution in [-0.4, -0.2) is 11.0 Å². The van der Waals surface area contributed by atoms with Crippen LogP contribution >= 0.6 is 0 Å². The molecule has 0 unspecified atom stereocenters. The van der Waals surface area contributed by atoms with Crippen LogP contribution in [0.4, 0.5) is 10.5 Å². The zero-order chi connectivity index (χ0) is 13.1. The number of benzene rings is 1. The molecule has 18 heavy (non-hydrogen) atoms. The fourth-order valence-corrected chi connectivity index (χ4v) is 1.38. The molecule has 0 saturated heterocycles. The smallest absolute Gasteiger partial charge is 0.412 e. The third kappa shape index (κ3) is 2.46. The van der Waals surface area contributed by atoms with Gasteiger partial charge in [-0.3, -0.25) is 10.1 Å². The molecule has 0 aliphatic heterocycles. The van der Waals surface area contributed by atoms with Crippen molar-refractivity contribution in [2.75, 3.05) is 0 Å². The van der Waals surface area contributed by atoms with Gasteiger partial charge in [0.15, 0.2) is 0 Å². The van der Waals surface area contributed by atoms with Crippen molar-refractivity contribution in [3.63, 3.8) is 0 Å². The highest BCUT2D eigenvalue weighted by atomic mass is 16.6. The fraction of sp³-hybridized carbons (Fsp3) is 0. The molecular weight excluding hydrogens is 240 g/mol. The number of hydrogen-bond donors (Lipinski definition) is 1. The first-order chi connectivity index (χ1) is 8.56. The lowest BCUT2D eigenvalue weighted by Crippen LogP contribution is -2.15. The van der Waals surface area contributed by atoms with E-state index in [1.54, 1.807) is 6.07 Å². The van der Waals surface area contributed by atoms with E-state index in [-0.39, 0.29) is 11.6 Å². The molecule has 0 spiro atoms. The van der Waals surface area contributed by atoms with E-state index in [0.29, 0.717) is 11.3 Å². The number of nitro groups is 1. The molecule has 0 atom stereocenters. The highest BCUT2D eigenvalue weighted by Gasteiger charge is 2.09. The molecule has 2 rings (SSSR count). The summed E-state index contributed by atoms with van der Waals surface area (Å²) >= 11 is 0. The molecule has 0 aliphatic rings. The average Bonchev–Trinajstić information content (AvgIpc) is 2.76. The van der Waals surface area contributed by atoms with Crippen LogP contribution in [0.2, 0.25) is 0 Å². The number of carbonyl (C=O) groups is 1. The quantitative estimate of drug-likeness (QED) is 0.662. The van der Waals surface area contributed by atoms with E-state index < -0.39 is 11.0 Å². The number of primary amides is 1. The Labute approximate surface area is 101 Å². The molecule has 7 nitrogen and oxygen atoms in total. The molecule has 0 bridgehead atoms. The summed E-state index contributed by atoms with van der Waals surface area (Å²) in [7, 11) is 0. The monoisotopic (exact) mass is 248 g/mol. The Morgan fingerprint density at radius 2 is 1.89 bits per heavy atom. The molecule has 0 fully saturated rings. The van der Waals surface area contributed by atoms with E-state index in [4.69, 9.17) is 10.2 Å². The van der Waals surface area contributed by atoms with E-state index in [1.165, 1.54) is 30.3 Å². The summed E-state index contributed by atoms with van der Waals surface area (Å²) in [5.74, 6) is 0.386. The molecule has 0 saturated carbocycles. The minimum absolute atomic E-state index is 0.0149. The summed E-state index contributed by atoms with van der Waals surface area (Å²) in [6, 6.07) is 8.77. The second kappa shape index (κ2) is 4.58. The largest absolute Gasteiger partial charge is 0.425 e. The van der Waals surface area contributed by atoms with Gasteiger partial charge < -0.3 is 14.9 Å². The number of ether oxygens (including phenoxy) is 1. The number of nitro benzene ring substituents is 1. The van der Waals surface area contributed by atoms with Crippen LogP contribution in [0.1, 0.15) is 0 Å². The molecule has 1 aromatic carbocycles. The average molecular weight is 248 g/mol. The van der Waals surface area contributed by atoms with Crippen molar-refractivity contribution in [2.45, 2.75) is 0 Å². The Balaban J connectivity index is 2.23. The SMILES string of the molecule is NC(=O)Oc1ccc(-c2ccc([N+](=O)[O-])cc2)o1. The van der Waals surface area contributed by atoms with Crippen molar-refractivity contribution in [1.29, 1.82) is 0 Å². The number of amides is 1. The molecule has 1 amide bonds. The number of rotatable bonds is 3. The van der Waals surface area contributed by atoms with Crippen molar-refractivity contribution in [2.24, 2.45) is 5.73 Å². The van der Waals surface area contributed by atoms with Crippen molar-refractivity contribution >= 4 is 11.8 Å². The number of nitrogens with two attached hydrogens (primary N) is 1. The van der Waals surface area contributed by atoms with Crippen molar-refractivity contribution in [3.05, 3.63) is 46.5 Å². The third-order valence-corrected chi connectivity index (χ3v) is 2.15. The maximum absolute atomic E-state index is 10.5. The molecule has 0 radical (unpaired) electrons. The van der Waals surface area contributed by atoms with Gasteiger partial charge in [-0.25, -0.2) is 4.79 Å². The molecule has 1 aromatic heterocycles. The summed E-state index contributed by atoms with van der Waals surface area (Å²) in [6.45, 7) is 0. The Morgan fingerprint density at radius 3 is 2.44 bits per heavy atom. The van der Waals surface area contributed by atoms with Crippen LogP contribution in [0, 0.1) is 10.1 Å². The fourth-order valence-electron chi connectivity index (χ4n) is 1.38. The minimum atomic E-state index is -0.973. The first kappa shape index (κ1) is 11.6. The lowest BCUT2D eigenvalue weighted by atomic mass is 10.1. The second-order valence-corrected chi connectivity index (χ2v) is 3.34. The predicted octanol–water partition coefficient (Wildman–Crippen LogP) is 2.31. The van der Waals surface area contributed by atoms with Crippen LogP contribution in [0.3, 0.4) is 0 Å². The lowest BCUT2D eigenvalue weighted by molar-refractivity contribution is -0.384. The maximum atomic E-state index is 10.5. The third-order valence-electron chi connectivity index (χ3n) is 2.15. The Hall–Kier alpha value is -2.83. The summed E-state index contributed by atoms with van der Waals surface area (Å²) < 4.78 is 9.73. The molecule has 2 N–H and O–H groups in total. The normalized spacial score (nSPS) is 10.0. The molecule has 0 aliphatic carbocycles. The topological polar surface area (TPSA) is 109 Å². The Morgan fingerprint density at radius 1 is 1.22 bits per heavy atom. The minimum Gasteiger partial charge on any atom is -0.425 e. The van der Waals surface area contributed by atoms with Crippen molar-refractivity contribution in [3.8, 4) is 17.3 Å². The highest BCUT2D eigenvalue weighted by Crippen LogP contribution is 2.27. The highest BCUT2D eigenvalue weighted by molar-refractivity contribution is 5.68. The van der Waals surface area contributed by atoms with Gasteiger partial charge in [0, 0.05) is 23.8 Å². The van der Waals surface area contributed by atoms with Crippen molar-refractivity contribution in [1.82, 2.24) is 0 Å². The van der Waals surface area contributed by atoms with Gasteiger partial charge in [-0.1, -0.05) is 0 Å². The number of nitrogens with zero attached hydrogens (tertiary/aromatic N) is 1. The summed E-state index contributed by atoms with van der Waals surface area (Å²) in [6.07, 6.45) is -0.973. The van der Waals surface area contributed by atoms with Crippen LogP contribution in [0.25, 0.3) is 11.3 Å². The summed E-state index contributed by atoms with van der Waals surface area (Å²) in [4.78, 5) is 20.5. The molecular formula is C11H8N2O5. The Bertz CT molecular complexity index is 588. The van der Waals surface area contributed by atoms with Gasteiger partial charge in [0.25, 0.3) is 11.6 Å². The molecule has 1 heterocycles. The van der Waals surface area contributed by atoms with E-state index in [2.05, 4.69) is 4.74 Å². The summed E-state index contributed by atoms with van der Waals surface area (Å²) in [5.41, 5.74) is 5.44.